The zero-order valence-electron chi connectivity index (χ0n) is 12.4. The van der Waals surface area contributed by atoms with Crippen molar-refractivity contribution in [3.05, 3.63) is 18.0 Å². The van der Waals surface area contributed by atoms with Gasteiger partial charge < -0.3 is 4.90 Å². The number of anilines is 1. The van der Waals surface area contributed by atoms with Crippen molar-refractivity contribution >= 4 is 15.8 Å². The van der Waals surface area contributed by atoms with Gasteiger partial charge in [-0.2, -0.15) is 0 Å². The fourth-order valence-electron chi connectivity index (χ4n) is 3.07. The second-order valence-electron chi connectivity index (χ2n) is 5.97. The topological polar surface area (TPSA) is 66.4 Å². The summed E-state index contributed by atoms with van der Waals surface area (Å²) < 4.78 is 23.0. The molecule has 2 aliphatic heterocycles. The van der Waals surface area contributed by atoms with E-state index in [0.29, 0.717) is 30.6 Å². The fraction of sp³-hybridized carbons (Fsp3) is 0.714. The number of rotatable bonds is 2. The molecule has 0 saturated carbocycles. The SMILES string of the molecule is Cc1cnc(N2CCC(N3CCS(=O)(=O)CC3)CC2)nc1. The lowest BCUT2D eigenvalue weighted by atomic mass is 10.0. The molecule has 0 N–H and O–H groups in total. The molecule has 21 heavy (non-hydrogen) atoms. The molecule has 0 amide bonds. The van der Waals surface area contributed by atoms with Crippen LogP contribution in [0.5, 0.6) is 0 Å². The summed E-state index contributed by atoms with van der Waals surface area (Å²) in [6.45, 7) is 5.25. The number of sulfone groups is 1. The van der Waals surface area contributed by atoms with Gasteiger partial charge in [0.25, 0.3) is 0 Å². The Kier molecular flexibility index (Phi) is 4.12. The lowest BCUT2D eigenvalue weighted by molar-refractivity contribution is 0.182. The lowest BCUT2D eigenvalue weighted by Crippen LogP contribution is -2.50. The van der Waals surface area contributed by atoms with Crippen LogP contribution in [0.1, 0.15) is 18.4 Å². The number of nitrogens with zero attached hydrogens (tertiary/aromatic N) is 4. The van der Waals surface area contributed by atoms with Gasteiger partial charge in [0.1, 0.15) is 0 Å². The van der Waals surface area contributed by atoms with E-state index in [1.807, 2.05) is 19.3 Å². The monoisotopic (exact) mass is 310 g/mol. The molecular formula is C14H22N4O2S. The minimum atomic E-state index is -2.78. The van der Waals surface area contributed by atoms with E-state index in [0.717, 1.165) is 37.4 Å². The van der Waals surface area contributed by atoms with Gasteiger partial charge in [-0.05, 0) is 25.3 Å². The van der Waals surface area contributed by atoms with Crippen molar-refractivity contribution in [1.29, 1.82) is 0 Å². The van der Waals surface area contributed by atoms with Crippen molar-refractivity contribution in [3.8, 4) is 0 Å². The first kappa shape index (κ1) is 14.7. The van der Waals surface area contributed by atoms with E-state index in [1.54, 1.807) is 0 Å². The Morgan fingerprint density at radius 3 is 2.19 bits per heavy atom. The summed E-state index contributed by atoms with van der Waals surface area (Å²) in [5, 5.41) is 0. The van der Waals surface area contributed by atoms with Crippen LogP contribution < -0.4 is 4.90 Å². The first-order chi connectivity index (χ1) is 10.0. The summed E-state index contributed by atoms with van der Waals surface area (Å²) in [6, 6.07) is 0.502. The van der Waals surface area contributed by atoms with Gasteiger partial charge in [0, 0.05) is 44.6 Å². The molecule has 0 bridgehead atoms. The average molecular weight is 310 g/mol. The van der Waals surface area contributed by atoms with E-state index >= 15 is 0 Å². The van der Waals surface area contributed by atoms with Gasteiger partial charge in [0.2, 0.25) is 5.95 Å². The molecule has 3 heterocycles. The Bertz CT molecular complexity index is 565. The zero-order chi connectivity index (χ0) is 14.9. The summed E-state index contributed by atoms with van der Waals surface area (Å²) >= 11 is 0. The molecule has 7 heteroatoms. The first-order valence-electron chi connectivity index (χ1n) is 7.51. The zero-order valence-corrected chi connectivity index (χ0v) is 13.2. The van der Waals surface area contributed by atoms with Crippen LogP contribution >= 0.6 is 0 Å². The first-order valence-corrected chi connectivity index (χ1v) is 9.34. The standard InChI is InChI=1S/C14H22N4O2S/c1-12-10-15-14(16-11-12)18-4-2-13(3-5-18)17-6-8-21(19,20)9-7-17/h10-11,13H,2-9H2,1H3. The third kappa shape index (κ3) is 3.52. The van der Waals surface area contributed by atoms with Crippen LogP contribution in [0.15, 0.2) is 12.4 Å². The van der Waals surface area contributed by atoms with E-state index in [4.69, 9.17) is 0 Å². The second kappa shape index (κ2) is 5.88. The molecular weight excluding hydrogens is 288 g/mol. The smallest absolute Gasteiger partial charge is 0.225 e. The molecule has 3 rings (SSSR count). The molecule has 1 aromatic heterocycles. The van der Waals surface area contributed by atoms with Gasteiger partial charge in [-0.1, -0.05) is 0 Å². The van der Waals surface area contributed by atoms with Crippen molar-refractivity contribution in [2.24, 2.45) is 0 Å². The Labute approximate surface area is 126 Å². The minimum absolute atomic E-state index is 0.314. The van der Waals surface area contributed by atoms with Crippen LogP contribution in [-0.4, -0.2) is 67.0 Å². The van der Waals surface area contributed by atoms with Crippen LogP contribution in [0.25, 0.3) is 0 Å². The molecule has 0 atom stereocenters. The van der Waals surface area contributed by atoms with Crippen molar-refractivity contribution in [2.45, 2.75) is 25.8 Å². The number of hydrogen-bond acceptors (Lipinski definition) is 6. The second-order valence-corrected chi connectivity index (χ2v) is 8.27. The highest BCUT2D eigenvalue weighted by Crippen LogP contribution is 2.21. The summed E-state index contributed by atoms with van der Waals surface area (Å²) in [5.41, 5.74) is 1.07. The summed E-state index contributed by atoms with van der Waals surface area (Å²) in [5.74, 6) is 1.43. The summed E-state index contributed by atoms with van der Waals surface area (Å²) in [6.07, 6.45) is 5.81. The predicted molar refractivity (Wildman–Crippen MR) is 82.2 cm³/mol. The summed E-state index contributed by atoms with van der Waals surface area (Å²) in [4.78, 5) is 13.3. The van der Waals surface area contributed by atoms with Gasteiger partial charge in [0.05, 0.1) is 11.5 Å². The molecule has 1 aromatic rings. The van der Waals surface area contributed by atoms with Gasteiger partial charge in [-0.25, -0.2) is 18.4 Å². The third-order valence-corrected chi connectivity index (χ3v) is 6.02. The van der Waals surface area contributed by atoms with E-state index in [9.17, 15) is 8.42 Å². The third-order valence-electron chi connectivity index (χ3n) is 4.41. The molecule has 2 saturated heterocycles. The van der Waals surface area contributed by atoms with E-state index in [2.05, 4.69) is 19.8 Å². The van der Waals surface area contributed by atoms with Crippen molar-refractivity contribution in [3.63, 3.8) is 0 Å². The van der Waals surface area contributed by atoms with E-state index in [1.165, 1.54) is 0 Å². The largest absolute Gasteiger partial charge is 0.341 e. The quantitative estimate of drug-likeness (QED) is 0.792. The number of piperidine rings is 1. The molecule has 0 aromatic carbocycles. The predicted octanol–water partition coefficient (Wildman–Crippen LogP) is 0.484. The minimum Gasteiger partial charge on any atom is -0.341 e. The van der Waals surface area contributed by atoms with Crippen molar-refractivity contribution < 1.29 is 8.42 Å². The van der Waals surface area contributed by atoms with Gasteiger partial charge >= 0.3 is 0 Å². The molecule has 2 fully saturated rings. The van der Waals surface area contributed by atoms with Crippen LogP contribution in [0.3, 0.4) is 0 Å². The van der Waals surface area contributed by atoms with Crippen LogP contribution in [-0.2, 0) is 9.84 Å². The van der Waals surface area contributed by atoms with Gasteiger partial charge in [-0.15, -0.1) is 0 Å². The maximum atomic E-state index is 11.5. The molecule has 0 unspecified atom stereocenters. The highest BCUT2D eigenvalue weighted by Gasteiger charge is 2.30. The fourth-order valence-corrected chi connectivity index (χ4v) is 4.30. The molecule has 2 aliphatic rings. The normalized spacial score (nSPS) is 24.1. The lowest BCUT2D eigenvalue weighted by Gasteiger charge is -2.40. The summed E-state index contributed by atoms with van der Waals surface area (Å²) in [7, 11) is -2.78. The Morgan fingerprint density at radius 2 is 1.62 bits per heavy atom. The highest BCUT2D eigenvalue weighted by atomic mass is 32.2. The maximum absolute atomic E-state index is 11.5. The highest BCUT2D eigenvalue weighted by molar-refractivity contribution is 7.91. The Morgan fingerprint density at radius 1 is 1.05 bits per heavy atom. The number of hydrogen-bond donors (Lipinski definition) is 0. The van der Waals surface area contributed by atoms with Crippen molar-refractivity contribution in [1.82, 2.24) is 14.9 Å². The van der Waals surface area contributed by atoms with Crippen molar-refractivity contribution in [2.75, 3.05) is 42.6 Å². The molecule has 0 spiro atoms. The van der Waals surface area contributed by atoms with E-state index in [-0.39, 0.29) is 0 Å². The Balaban J connectivity index is 1.54. The Hall–Kier alpha value is -1.21. The van der Waals surface area contributed by atoms with Gasteiger partial charge in [0.15, 0.2) is 9.84 Å². The maximum Gasteiger partial charge on any atom is 0.225 e. The molecule has 6 nitrogen and oxygen atoms in total. The molecule has 0 radical (unpaired) electrons. The number of aryl methyl sites for hydroxylation is 1. The van der Waals surface area contributed by atoms with Crippen LogP contribution in [0.4, 0.5) is 5.95 Å². The average Bonchev–Trinajstić information content (AvgIpc) is 2.48. The van der Waals surface area contributed by atoms with E-state index < -0.39 is 9.84 Å². The molecule has 116 valence electrons. The van der Waals surface area contributed by atoms with Crippen LogP contribution in [0.2, 0.25) is 0 Å². The molecule has 0 aliphatic carbocycles. The number of aromatic nitrogens is 2. The van der Waals surface area contributed by atoms with Crippen LogP contribution in [0, 0.1) is 6.92 Å². The van der Waals surface area contributed by atoms with Gasteiger partial charge in [-0.3, -0.25) is 4.90 Å².